The average Bonchev–Trinajstić information content (AvgIpc) is 2.98. The van der Waals surface area contributed by atoms with Gasteiger partial charge in [0.05, 0.1) is 29.8 Å². The van der Waals surface area contributed by atoms with Crippen molar-refractivity contribution >= 4 is 30.6 Å². The first-order valence-corrected chi connectivity index (χ1v) is 7.20. The fraction of sp³-hybridized carbons (Fsp3) is 0.462. The molecule has 1 aliphatic rings. The highest BCUT2D eigenvalue weighted by Gasteiger charge is 2.46. The summed E-state index contributed by atoms with van der Waals surface area (Å²) < 4.78 is 7.32. The summed E-state index contributed by atoms with van der Waals surface area (Å²) in [4.78, 5) is 20.1. The van der Waals surface area contributed by atoms with Gasteiger partial charge in [0.2, 0.25) is 0 Å². The number of amides is 1. The van der Waals surface area contributed by atoms with E-state index in [1.54, 1.807) is 14.8 Å². The maximum Gasteiger partial charge on any atom is 0.251 e. The minimum absolute atomic E-state index is 0.134. The SMILES string of the molecule is B[C@@]1(n2cc(C(N)=O)c3c(N)nc(C)nc32)O[C@H](CO)C[C@H]1O. The van der Waals surface area contributed by atoms with E-state index >= 15 is 0 Å². The molecule has 0 aliphatic carbocycles. The number of rotatable bonds is 3. The van der Waals surface area contributed by atoms with Crippen LogP contribution in [0.1, 0.15) is 22.6 Å². The van der Waals surface area contributed by atoms with Gasteiger partial charge in [-0.1, -0.05) is 0 Å². The lowest BCUT2D eigenvalue weighted by atomic mass is 9.85. The van der Waals surface area contributed by atoms with Gasteiger partial charge < -0.3 is 31.0 Å². The molecule has 3 rings (SSSR count). The number of carbonyl (C=O) groups excluding carboxylic acids is 1. The Morgan fingerprint density at radius 2 is 2.30 bits per heavy atom. The second-order valence-electron chi connectivity index (χ2n) is 5.86. The topological polar surface area (TPSA) is 150 Å². The first-order valence-electron chi connectivity index (χ1n) is 7.20. The molecule has 1 fully saturated rings. The van der Waals surface area contributed by atoms with Crippen LogP contribution in [-0.2, 0) is 10.4 Å². The number of carbonyl (C=O) groups is 1. The van der Waals surface area contributed by atoms with Gasteiger partial charge in [0.1, 0.15) is 22.9 Å². The number of hydrogen-bond donors (Lipinski definition) is 4. The average molecular weight is 319 g/mol. The Morgan fingerprint density at radius 3 is 2.87 bits per heavy atom. The third-order valence-corrected chi connectivity index (χ3v) is 4.24. The molecule has 10 heteroatoms. The Hall–Kier alpha value is -2.17. The predicted octanol–water partition coefficient (Wildman–Crippen LogP) is -2.19. The fourth-order valence-corrected chi connectivity index (χ4v) is 3.05. The maximum atomic E-state index is 11.7. The molecule has 3 atom stereocenters. The Bertz CT molecular complexity index is 794. The number of hydrogen-bond acceptors (Lipinski definition) is 7. The van der Waals surface area contributed by atoms with Crippen LogP contribution >= 0.6 is 0 Å². The molecule has 0 spiro atoms. The highest BCUT2D eigenvalue weighted by atomic mass is 16.6. The van der Waals surface area contributed by atoms with Crippen LogP contribution in [0.15, 0.2) is 6.20 Å². The van der Waals surface area contributed by atoms with Crippen molar-refractivity contribution in [3.05, 3.63) is 17.6 Å². The summed E-state index contributed by atoms with van der Waals surface area (Å²) in [7, 11) is 1.66. The Balaban J connectivity index is 2.28. The molecular formula is C13H18BN5O4. The standard InChI is InChI=1S/C13H18BN5O4/c1-5-17-10(15)9-7(11(16)22)3-19(12(9)18-5)13(14)8(21)2-6(4-20)23-13/h3,6,8,20-21H,2,4,14H2,1H3,(H2,16,22)(H2,15,17,18)/t6-,8+,13-/m0/s1. The zero-order chi connectivity index (χ0) is 16.9. The van der Waals surface area contributed by atoms with Crippen molar-refractivity contribution in [1.29, 1.82) is 0 Å². The molecule has 9 nitrogen and oxygen atoms in total. The second kappa shape index (κ2) is 5.19. The smallest absolute Gasteiger partial charge is 0.251 e. The summed E-state index contributed by atoms with van der Waals surface area (Å²) >= 11 is 0. The lowest BCUT2D eigenvalue weighted by molar-refractivity contribution is -0.0837. The first-order chi connectivity index (χ1) is 10.8. The summed E-state index contributed by atoms with van der Waals surface area (Å²) in [5.74, 6) is -0.127. The van der Waals surface area contributed by atoms with E-state index in [2.05, 4.69) is 9.97 Å². The van der Waals surface area contributed by atoms with Crippen LogP contribution < -0.4 is 11.5 Å². The lowest BCUT2D eigenvalue weighted by Gasteiger charge is -2.30. The highest BCUT2D eigenvalue weighted by molar-refractivity contribution is 6.15. The largest absolute Gasteiger partial charge is 0.394 e. The van der Waals surface area contributed by atoms with Crippen LogP contribution in [0.4, 0.5) is 5.82 Å². The number of aromatic nitrogens is 3. The lowest BCUT2D eigenvalue weighted by Crippen LogP contribution is -2.43. The third kappa shape index (κ3) is 2.26. The van der Waals surface area contributed by atoms with E-state index in [0.717, 1.165) is 0 Å². The fourth-order valence-electron chi connectivity index (χ4n) is 3.05. The van der Waals surface area contributed by atoms with E-state index in [9.17, 15) is 15.0 Å². The van der Waals surface area contributed by atoms with Gasteiger partial charge in [-0.25, -0.2) is 9.97 Å². The predicted molar refractivity (Wildman–Crippen MR) is 84.3 cm³/mol. The molecular weight excluding hydrogens is 301 g/mol. The molecule has 0 bridgehead atoms. The quantitative estimate of drug-likeness (QED) is 0.469. The summed E-state index contributed by atoms with van der Waals surface area (Å²) in [5.41, 5.74) is 10.7. The number of primary amides is 1. The van der Waals surface area contributed by atoms with Gasteiger partial charge in [-0.2, -0.15) is 0 Å². The Kier molecular flexibility index (Phi) is 3.54. The number of aryl methyl sites for hydroxylation is 1. The molecule has 0 radical (unpaired) electrons. The normalized spacial score (nSPS) is 27.6. The van der Waals surface area contributed by atoms with Crippen molar-refractivity contribution in [3.63, 3.8) is 0 Å². The van der Waals surface area contributed by atoms with E-state index in [-0.39, 0.29) is 24.4 Å². The number of aliphatic hydroxyl groups excluding tert-OH is 2. The van der Waals surface area contributed by atoms with Crippen LogP contribution in [0, 0.1) is 6.92 Å². The van der Waals surface area contributed by atoms with Gasteiger partial charge in [-0.3, -0.25) is 4.79 Å². The van der Waals surface area contributed by atoms with Crippen LogP contribution in [0.25, 0.3) is 11.0 Å². The van der Waals surface area contributed by atoms with Gasteiger partial charge in [0.15, 0.2) is 7.85 Å². The minimum Gasteiger partial charge on any atom is -0.394 e. The maximum absolute atomic E-state index is 11.7. The van der Waals surface area contributed by atoms with Gasteiger partial charge >= 0.3 is 0 Å². The summed E-state index contributed by atoms with van der Waals surface area (Å²) in [6, 6.07) is 0. The number of aliphatic hydroxyl groups is 2. The van der Waals surface area contributed by atoms with Crippen LogP contribution in [0.3, 0.4) is 0 Å². The zero-order valence-corrected chi connectivity index (χ0v) is 12.9. The molecule has 2 aromatic heterocycles. The number of anilines is 1. The Morgan fingerprint density at radius 1 is 1.61 bits per heavy atom. The van der Waals surface area contributed by atoms with Crippen molar-refractivity contribution in [2.45, 2.75) is 31.2 Å². The minimum atomic E-state index is -1.20. The molecule has 1 saturated heterocycles. The van der Waals surface area contributed by atoms with E-state index < -0.39 is 23.7 Å². The summed E-state index contributed by atoms with van der Waals surface area (Å²) in [5, 5.41) is 20.0. The molecule has 3 heterocycles. The van der Waals surface area contributed by atoms with E-state index in [0.29, 0.717) is 16.9 Å². The monoisotopic (exact) mass is 319 g/mol. The zero-order valence-electron chi connectivity index (χ0n) is 12.9. The molecule has 6 N–H and O–H groups in total. The van der Waals surface area contributed by atoms with Gasteiger partial charge in [0.25, 0.3) is 5.91 Å². The molecule has 1 amide bonds. The molecule has 0 unspecified atom stereocenters. The number of nitrogens with zero attached hydrogens (tertiary/aromatic N) is 3. The number of ether oxygens (including phenoxy) is 1. The van der Waals surface area contributed by atoms with E-state index in [1.165, 1.54) is 10.8 Å². The third-order valence-electron chi connectivity index (χ3n) is 4.24. The summed E-state index contributed by atoms with van der Waals surface area (Å²) in [6.07, 6.45) is 0.315. The van der Waals surface area contributed by atoms with Crippen LogP contribution in [0.5, 0.6) is 0 Å². The van der Waals surface area contributed by atoms with Crippen LogP contribution in [-0.4, -0.2) is 57.3 Å². The van der Waals surface area contributed by atoms with Crippen LogP contribution in [0.2, 0.25) is 0 Å². The summed E-state index contributed by atoms with van der Waals surface area (Å²) in [6.45, 7) is 1.45. The molecule has 23 heavy (non-hydrogen) atoms. The molecule has 1 aliphatic heterocycles. The van der Waals surface area contributed by atoms with E-state index in [1.807, 2.05) is 0 Å². The first kappa shape index (κ1) is 15.7. The number of fused-ring (bicyclic) bond motifs is 1. The van der Waals surface area contributed by atoms with Gasteiger partial charge in [-0.15, -0.1) is 0 Å². The molecule has 2 aromatic rings. The molecule has 122 valence electrons. The highest BCUT2D eigenvalue weighted by Crippen LogP contribution is 2.37. The van der Waals surface area contributed by atoms with Gasteiger partial charge in [0, 0.05) is 12.6 Å². The van der Waals surface area contributed by atoms with Crippen molar-refractivity contribution in [3.8, 4) is 0 Å². The molecule has 0 aromatic carbocycles. The van der Waals surface area contributed by atoms with Crippen molar-refractivity contribution in [2.24, 2.45) is 5.73 Å². The van der Waals surface area contributed by atoms with Crippen molar-refractivity contribution < 1.29 is 19.7 Å². The van der Waals surface area contributed by atoms with Gasteiger partial charge in [-0.05, 0) is 6.92 Å². The van der Waals surface area contributed by atoms with Crippen molar-refractivity contribution in [2.75, 3.05) is 12.3 Å². The Labute approximate surface area is 132 Å². The molecule has 0 saturated carbocycles. The number of nitrogen functional groups attached to an aromatic ring is 1. The van der Waals surface area contributed by atoms with E-state index in [4.69, 9.17) is 16.2 Å². The second-order valence-corrected chi connectivity index (χ2v) is 5.86. The number of nitrogens with two attached hydrogens (primary N) is 2. The van der Waals surface area contributed by atoms with Crippen molar-refractivity contribution in [1.82, 2.24) is 14.5 Å².